The molecule has 2 aliphatic rings. The molecule has 1 aromatic rings. The Bertz CT molecular complexity index is 559. The van der Waals surface area contributed by atoms with E-state index in [0.717, 1.165) is 26.1 Å². The number of hydrogen-bond donors (Lipinski definition) is 1. The highest BCUT2D eigenvalue weighted by molar-refractivity contribution is 6.01. The van der Waals surface area contributed by atoms with Crippen molar-refractivity contribution in [3.05, 3.63) is 35.9 Å². The van der Waals surface area contributed by atoms with Crippen LogP contribution < -0.4 is 5.32 Å². The van der Waals surface area contributed by atoms with Gasteiger partial charge in [-0.15, -0.1) is 0 Å². The highest BCUT2D eigenvalue weighted by Gasteiger charge is 2.30. The minimum atomic E-state index is -0.241. The van der Waals surface area contributed by atoms with Gasteiger partial charge in [0.15, 0.2) is 0 Å². The molecule has 0 radical (unpaired) electrons. The van der Waals surface area contributed by atoms with Gasteiger partial charge in [0.2, 0.25) is 5.91 Å². The number of nitrogens with one attached hydrogen (secondary N) is 1. The third-order valence-corrected chi connectivity index (χ3v) is 5.36. The summed E-state index contributed by atoms with van der Waals surface area (Å²) in [6.07, 6.45) is 3.22. The van der Waals surface area contributed by atoms with E-state index in [1.807, 2.05) is 0 Å². The average Bonchev–Trinajstić information content (AvgIpc) is 2.94. The first-order valence-electron chi connectivity index (χ1n) is 9.04. The molecule has 2 saturated heterocycles. The number of carbonyl (C=O) groups is 2. The van der Waals surface area contributed by atoms with Crippen LogP contribution in [0.1, 0.15) is 37.7 Å². The van der Waals surface area contributed by atoms with Crippen molar-refractivity contribution in [2.75, 3.05) is 32.7 Å². The third-order valence-electron chi connectivity index (χ3n) is 5.36. The second kappa shape index (κ2) is 7.79. The number of hydrogen-bond acceptors (Lipinski definition) is 3. The molecule has 1 aromatic carbocycles. The topological polar surface area (TPSA) is 52.6 Å². The molecule has 3 rings (SSSR count). The van der Waals surface area contributed by atoms with Crippen molar-refractivity contribution in [2.45, 2.75) is 32.1 Å². The van der Waals surface area contributed by atoms with Crippen LogP contribution in [0.25, 0.3) is 0 Å². The smallest absolute Gasteiger partial charge is 0.324 e. The van der Waals surface area contributed by atoms with E-state index in [-0.39, 0.29) is 18.5 Å². The normalized spacial score (nSPS) is 25.1. The van der Waals surface area contributed by atoms with E-state index < -0.39 is 0 Å². The highest BCUT2D eigenvalue weighted by Crippen LogP contribution is 2.34. The van der Waals surface area contributed by atoms with E-state index in [1.165, 1.54) is 23.3 Å². The van der Waals surface area contributed by atoms with Crippen molar-refractivity contribution in [2.24, 2.45) is 5.92 Å². The van der Waals surface area contributed by atoms with Gasteiger partial charge in [-0.25, -0.2) is 4.79 Å². The van der Waals surface area contributed by atoms with E-state index in [0.29, 0.717) is 18.4 Å². The van der Waals surface area contributed by atoms with Crippen molar-refractivity contribution in [1.82, 2.24) is 15.1 Å². The SMILES string of the molecule is CC[C@H]1CN(CCCN2C(=O)CNC2=O)CC[C@@H]1c1ccccc1. The Kier molecular flexibility index (Phi) is 5.51. The van der Waals surface area contributed by atoms with Gasteiger partial charge in [-0.3, -0.25) is 9.69 Å². The standard InChI is InChI=1S/C19H27N3O2/c1-2-15-14-21(10-6-11-22-18(23)13-20-19(22)24)12-9-17(15)16-7-4-3-5-8-16/h3-5,7-8,15,17H,2,6,9-14H2,1H3,(H,20,24)/t15-,17-/m0/s1. The molecule has 0 aliphatic carbocycles. The third kappa shape index (κ3) is 3.78. The first-order chi connectivity index (χ1) is 11.7. The molecule has 0 unspecified atom stereocenters. The Morgan fingerprint density at radius 1 is 1.17 bits per heavy atom. The molecule has 2 heterocycles. The van der Waals surface area contributed by atoms with Crippen LogP contribution in [0.4, 0.5) is 4.79 Å². The maximum atomic E-state index is 11.6. The first kappa shape index (κ1) is 17.0. The second-order valence-electron chi connectivity index (χ2n) is 6.83. The summed E-state index contributed by atoms with van der Waals surface area (Å²) >= 11 is 0. The van der Waals surface area contributed by atoms with Crippen LogP contribution >= 0.6 is 0 Å². The van der Waals surface area contributed by atoms with E-state index in [4.69, 9.17) is 0 Å². The predicted molar refractivity (Wildman–Crippen MR) is 93.7 cm³/mol. The van der Waals surface area contributed by atoms with Gasteiger partial charge in [0.1, 0.15) is 0 Å². The molecule has 0 spiro atoms. The maximum Gasteiger partial charge on any atom is 0.324 e. The summed E-state index contributed by atoms with van der Waals surface area (Å²) in [5.41, 5.74) is 1.46. The number of imide groups is 1. The molecule has 2 aliphatic heterocycles. The van der Waals surface area contributed by atoms with Gasteiger partial charge in [-0.05, 0) is 43.3 Å². The monoisotopic (exact) mass is 329 g/mol. The Morgan fingerprint density at radius 3 is 2.62 bits per heavy atom. The minimum Gasteiger partial charge on any atom is -0.329 e. The molecule has 0 aromatic heterocycles. The Balaban J connectivity index is 1.49. The van der Waals surface area contributed by atoms with Crippen molar-refractivity contribution >= 4 is 11.9 Å². The summed E-state index contributed by atoms with van der Waals surface area (Å²) in [4.78, 5) is 27.0. The molecule has 2 atom stereocenters. The first-order valence-corrected chi connectivity index (χ1v) is 9.04. The van der Waals surface area contributed by atoms with Gasteiger partial charge < -0.3 is 10.2 Å². The summed E-state index contributed by atoms with van der Waals surface area (Å²) in [7, 11) is 0. The molecule has 130 valence electrons. The number of piperidine rings is 1. The number of urea groups is 1. The lowest BCUT2D eigenvalue weighted by atomic mass is 9.79. The fraction of sp³-hybridized carbons (Fsp3) is 0.579. The molecular formula is C19H27N3O2. The zero-order valence-electron chi connectivity index (χ0n) is 14.4. The maximum absolute atomic E-state index is 11.6. The van der Waals surface area contributed by atoms with Gasteiger partial charge in [0, 0.05) is 13.1 Å². The number of amides is 3. The van der Waals surface area contributed by atoms with E-state index in [1.54, 1.807) is 0 Å². The van der Waals surface area contributed by atoms with Crippen molar-refractivity contribution in [1.29, 1.82) is 0 Å². The molecule has 0 saturated carbocycles. The second-order valence-corrected chi connectivity index (χ2v) is 6.83. The lowest BCUT2D eigenvalue weighted by Gasteiger charge is -2.38. The van der Waals surface area contributed by atoms with Gasteiger partial charge >= 0.3 is 6.03 Å². The van der Waals surface area contributed by atoms with Crippen LogP contribution in [-0.2, 0) is 4.79 Å². The Labute approximate surface area is 144 Å². The van der Waals surface area contributed by atoms with Crippen LogP contribution in [0.3, 0.4) is 0 Å². The molecule has 1 N–H and O–H groups in total. The summed E-state index contributed by atoms with van der Waals surface area (Å²) < 4.78 is 0. The minimum absolute atomic E-state index is 0.103. The van der Waals surface area contributed by atoms with Crippen LogP contribution in [-0.4, -0.2) is 54.5 Å². The number of nitrogens with zero attached hydrogens (tertiary/aromatic N) is 2. The molecule has 2 fully saturated rings. The number of benzene rings is 1. The summed E-state index contributed by atoms with van der Waals surface area (Å²) in [5.74, 6) is 1.23. The number of rotatable bonds is 6. The predicted octanol–water partition coefficient (Wildman–Crippen LogP) is 2.44. The van der Waals surface area contributed by atoms with Crippen LogP contribution in [0.5, 0.6) is 0 Å². The van der Waals surface area contributed by atoms with Crippen LogP contribution in [0.2, 0.25) is 0 Å². The molecule has 3 amide bonds. The quantitative estimate of drug-likeness (QED) is 0.816. The number of carbonyl (C=O) groups excluding carboxylic acids is 2. The van der Waals surface area contributed by atoms with Crippen LogP contribution in [0, 0.1) is 5.92 Å². The Morgan fingerprint density at radius 2 is 1.96 bits per heavy atom. The van der Waals surface area contributed by atoms with Gasteiger partial charge in [-0.2, -0.15) is 0 Å². The summed E-state index contributed by atoms with van der Waals surface area (Å²) in [5, 5.41) is 2.57. The van der Waals surface area contributed by atoms with Gasteiger partial charge in [0.25, 0.3) is 0 Å². The van der Waals surface area contributed by atoms with E-state index in [2.05, 4.69) is 47.5 Å². The lowest BCUT2D eigenvalue weighted by Crippen LogP contribution is -2.41. The Hall–Kier alpha value is -1.88. The molecule has 5 nitrogen and oxygen atoms in total. The highest BCUT2D eigenvalue weighted by atomic mass is 16.2. The zero-order valence-corrected chi connectivity index (χ0v) is 14.4. The zero-order chi connectivity index (χ0) is 16.9. The van der Waals surface area contributed by atoms with Crippen molar-refractivity contribution < 1.29 is 9.59 Å². The van der Waals surface area contributed by atoms with Gasteiger partial charge in [-0.1, -0.05) is 43.7 Å². The van der Waals surface area contributed by atoms with Crippen molar-refractivity contribution in [3.63, 3.8) is 0 Å². The molecule has 24 heavy (non-hydrogen) atoms. The molecule has 0 bridgehead atoms. The molecule has 5 heteroatoms. The summed E-state index contributed by atoms with van der Waals surface area (Å²) in [6, 6.07) is 10.6. The average molecular weight is 329 g/mol. The van der Waals surface area contributed by atoms with E-state index >= 15 is 0 Å². The summed E-state index contributed by atoms with van der Waals surface area (Å²) in [6.45, 7) is 6.11. The van der Waals surface area contributed by atoms with Crippen LogP contribution in [0.15, 0.2) is 30.3 Å². The fourth-order valence-corrected chi connectivity index (χ4v) is 4.00. The number of likely N-dealkylation sites (tertiary alicyclic amines) is 1. The largest absolute Gasteiger partial charge is 0.329 e. The van der Waals surface area contributed by atoms with E-state index in [9.17, 15) is 9.59 Å². The fourth-order valence-electron chi connectivity index (χ4n) is 4.00. The molecular weight excluding hydrogens is 302 g/mol. The van der Waals surface area contributed by atoms with Gasteiger partial charge in [0.05, 0.1) is 6.54 Å². The lowest BCUT2D eigenvalue weighted by molar-refractivity contribution is -0.125. The van der Waals surface area contributed by atoms with Crippen molar-refractivity contribution in [3.8, 4) is 0 Å².